The number of halogens is 1. The number of fused-ring (bicyclic) bond motifs is 2. The van der Waals surface area contributed by atoms with E-state index in [2.05, 4.69) is 15.4 Å². The van der Waals surface area contributed by atoms with E-state index in [0.29, 0.717) is 32.8 Å². The van der Waals surface area contributed by atoms with Crippen LogP contribution in [0.25, 0.3) is 22.1 Å². The Balaban J connectivity index is 1.66. The van der Waals surface area contributed by atoms with Crippen LogP contribution in [0, 0.1) is 6.92 Å². The molecule has 0 aliphatic heterocycles. The standard InChI is InChI=1S/C25H21ClN6O2/c1-14-7-3-4-10-18(14)32-19(13-16-8-5-9-17(26)20(16)25(32)34)15(2)29-24(33)21-22(27)30-31-12-6-11-28-23(21)31/h3-13,15H,1-2H3,(H2,27,30)(H,29,33). The molecule has 1 unspecified atom stereocenters. The third kappa shape index (κ3) is 3.48. The van der Waals surface area contributed by atoms with E-state index in [-0.39, 0.29) is 16.9 Å². The molecule has 0 saturated carbocycles. The quantitative estimate of drug-likeness (QED) is 0.410. The van der Waals surface area contributed by atoms with Gasteiger partial charge in [0.2, 0.25) is 0 Å². The number of nitrogens with one attached hydrogen (secondary N) is 1. The largest absolute Gasteiger partial charge is 0.381 e. The molecule has 3 N–H and O–H groups in total. The lowest BCUT2D eigenvalue weighted by Gasteiger charge is -2.22. The Hall–Kier alpha value is -4.17. The summed E-state index contributed by atoms with van der Waals surface area (Å²) in [5.74, 6) is -0.362. The van der Waals surface area contributed by atoms with E-state index in [4.69, 9.17) is 17.3 Å². The SMILES string of the molecule is Cc1ccccc1-n1c(C(C)NC(=O)c2c(N)nn3cccnc23)cc2cccc(Cl)c2c1=O. The maximum absolute atomic E-state index is 13.7. The van der Waals surface area contributed by atoms with Gasteiger partial charge in [0.1, 0.15) is 5.56 Å². The smallest absolute Gasteiger partial charge is 0.264 e. The molecule has 1 amide bonds. The van der Waals surface area contributed by atoms with Crippen molar-refractivity contribution >= 4 is 39.7 Å². The number of aromatic nitrogens is 4. The Morgan fingerprint density at radius 1 is 1.15 bits per heavy atom. The highest BCUT2D eigenvalue weighted by molar-refractivity contribution is 6.35. The number of carbonyl (C=O) groups is 1. The molecule has 1 atom stereocenters. The molecule has 0 spiro atoms. The second kappa shape index (κ2) is 8.31. The van der Waals surface area contributed by atoms with Crippen molar-refractivity contribution in [1.82, 2.24) is 24.5 Å². The Labute approximate surface area is 199 Å². The van der Waals surface area contributed by atoms with Crippen molar-refractivity contribution < 1.29 is 4.79 Å². The Morgan fingerprint density at radius 2 is 1.94 bits per heavy atom. The molecule has 0 saturated heterocycles. The van der Waals surface area contributed by atoms with E-state index in [0.717, 1.165) is 5.56 Å². The fourth-order valence-corrected chi connectivity index (χ4v) is 4.45. The van der Waals surface area contributed by atoms with E-state index < -0.39 is 11.9 Å². The lowest BCUT2D eigenvalue weighted by atomic mass is 10.1. The van der Waals surface area contributed by atoms with Crippen LogP contribution in [0.2, 0.25) is 5.02 Å². The van der Waals surface area contributed by atoms with Gasteiger partial charge in [-0.25, -0.2) is 9.50 Å². The van der Waals surface area contributed by atoms with Gasteiger partial charge in [-0.2, -0.15) is 0 Å². The minimum absolute atomic E-state index is 0.0741. The second-order valence-corrected chi connectivity index (χ2v) is 8.45. The molecule has 3 aromatic heterocycles. The van der Waals surface area contributed by atoms with Gasteiger partial charge in [0.15, 0.2) is 11.5 Å². The van der Waals surface area contributed by atoms with E-state index in [9.17, 15) is 9.59 Å². The number of rotatable bonds is 4. The lowest BCUT2D eigenvalue weighted by molar-refractivity contribution is 0.0941. The van der Waals surface area contributed by atoms with Gasteiger partial charge in [0.25, 0.3) is 11.5 Å². The van der Waals surface area contributed by atoms with Gasteiger partial charge in [-0.3, -0.25) is 14.2 Å². The summed E-state index contributed by atoms with van der Waals surface area (Å²) in [4.78, 5) is 31.2. The Bertz CT molecular complexity index is 1640. The summed E-state index contributed by atoms with van der Waals surface area (Å²) >= 11 is 6.41. The molecule has 0 bridgehead atoms. The number of hydrogen-bond acceptors (Lipinski definition) is 5. The van der Waals surface area contributed by atoms with Crippen LogP contribution in [0.5, 0.6) is 0 Å². The van der Waals surface area contributed by atoms with Crippen molar-refractivity contribution in [3.05, 3.63) is 99.2 Å². The van der Waals surface area contributed by atoms with Gasteiger partial charge in [0.05, 0.1) is 22.1 Å². The van der Waals surface area contributed by atoms with E-state index in [1.807, 2.05) is 50.2 Å². The molecular weight excluding hydrogens is 452 g/mol. The number of carbonyl (C=O) groups excluding carboxylic acids is 1. The number of para-hydroxylation sites is 1. The van der Waals surface area contributed by atoms with Gasteiger partial charge >= 0.3 is 0 Å². The molecule has 8 nitrogen and oxygen atoms in total. The summed E-state index contributed by atoms with van der Waals surface area (Å²) in [6.45, 7) is 3.74. The predicted molar refractivity (Wildman–Crippen MR) is 133 cm³/mol. The molecule has 34 heavy (non-hydrogen) atoms. The molecular formula is C25H21ClN6O2. The number of amides is 1. The maximum atomic E-state index is 13.7. The molecule has 0 aliphatic rings. The van der Waals surface area contributed by atoms with Crippen molar-refractivity contribution in [3.63, 3.8) is 0 Å². The monoisotopic (exact) mass is 472 g/mol. The van der Waals surface area contributed by atoms with Gasteiger partial charge in [-0.15, -0.1) is 5.10 Å². The van der Waals surface area contributed by atoms with Crippen LogP contribution in [-0.2, 0) is 0 Å². The zero-order valence-corrected chi connectivity index (χ0v) is 19.2. The average molecular weight is 473 g/mol. The summed E-state index contributed by atoms with van der Waals surface area (Å²) in [6.07, 6.45) is 3.24. The minimum atomic E-state index is -0.554. The van der Waals surface area contributed by atoms with Crippen LogP contribution in [0.15, 0.2) is 71.8 Å². The fraction of sp³-hybridized carbons (Fsp3) is 0.120. The summed E-state index contributed by atoms with van der Waals surface area (Å²) < 4.78 is 3.06. The van der Waals surface area contributed by atoms with Crippen molar-refractivity contribution in [2.45, 2.75) is 19.9 Å². The number of nitrogens with two attached hydrogens (primary N) is 1. The van der Waals surface area contributed by atoms with Crippen molar-refractivity contribution in [2.75, 3.05) is 5.73 Å². The van der Waals surface area contributed by atoms with Gasteiger partial charge in [-0.1, -0.05) is 41.9 Å². The van der Waals surface area contributed by atoms with Crippen LogP contribution in [-0.4, -0.2) is 25.1 Å². The second-order valence-electron chi connectivity index (χ2n) is 8.04. The molecule has 9 heteroatoms. The van der Waals surface area contributed by atoms with Crippen LogP contribution >= 0.6 is 11.6 Å². The Morgan fingerprint density at radius 3 is 2.74 bits per heavy atom. The molecule has 3 heterocycles. The highest BCUT2D eigenvalue weighted by Crippen LogP contribution is 2.27. The number of nitrogens with zero attached hydrogens (tertiary/aromatic N) is 4. The first kappa shape index (κ1) is 21.7. The van der Waals surface area contributed by atoms with Crippen LogP contribution in [0.1, 0.15) is 34.6 Å². The normalized spacial score (nSPS) is 12.2. The van der Waals surface area contributed by atoms with Crippen molar-refractivity contribution in [1.29, 1.82) is 0 Å². The highest BCUT2D eigenvalue weighted by Gasteiger charge is 2.24. The molecule has 0 fully saturated rings. The number of aryl methyl sites for hydroxylation is 1. The molecule has 170 valence electrons. The van der Waals surface area contributed by atoms with E-state index >= 15 is 0 Å². The third-order valence-electron chi connectivity index (χ3n) is 5.82. The van der Waals surface area contributed by atoms with E-state index in [1.165, 1.54) is 4.52 Å². The van der Waals surface area contributed by atoms with Crippen LogP contribution in [0.3, 0.4) is 0 Å². The highest BCUT2D eigenvalue weighted by atomic mass is 35.5. The predicted octanol–water partition coefficient (Wildman–Crippen LogP) is 4.07. The number of pyridine rings is 1. The zero-order valence-electron chi connectivity index (χ0n) is 18.5. The van der Waals surface area contributed by atoms with E-state index in [1.54, 1.807) is 35.2 Å². The number of nitrogen functional groups attached to an aromatic ring is 1. The summed E-state index contributed by atoms with van der Waals surface area (Å²) in [7, 11) is 0. The number of hydrogen-bond donors (Lipinski definition) is 2. The van der Waals surface area contributed by atoms with Crippen molar-refractivity contribution in [2.24, 2.45) is 0 Å². The lowest BCUT2D eigenvalue weighted by Crippen LogP contribution is -2.32. The van der Waals surface area contributed by atoms with Crippen LogP contribution in [0.4, 0.5) is 5.82 Å². The molecule has 0 aliphatic carbocycles. The molecule has 5 rings (SSSR count). The summed E-state index contributed by atoms with van der Waals surface area (Å²) in [5, 5.41) is 8.61. The van der Waals surface area contributed by atoms with Crippen LogP contribution < -0.4 is 16.6 Å². The first-order chi connectivity index (χ1) is 16.4. The molecule has 0 radical (unpaired) electrons. The number of benzene rings is 2. The topological polar surface area (TPSA) is 107 Å². The average Bonchev–Trinajstić information content (AvgIpc) is 3.15. The minimum Gasteiger partial charge on any atom is -0.381 e. The van der Waals surface area contributed by atoms with Gasteiger partial charge in [0, 0.05) is 18.1 Å². The van der Waals surface area contributed by atoms with Gasteiger partial charge < -0.3 is 11.1 Å². The summed E-state index contributed by atoms with van der Waals surface area (Å²) in [6, 6.07) is 15.9. The molecule has 2 aromatic carbocycles. The summed E-state index contributed by atoms with van der Waals surface area (Å²) in [5.41, 5.74) is 8.52. The number of anilines is 1. The first-order valence-corrected chi connectivity index (χ1v) is 11.0. The Kier molecular flexibility index (Phi) is 5.30. The maximum Gasteiger partial charge on any atom is 0.264 e. The first-order valence-electron chi connectivity index (χ1n) is 10.7. The molecule has 5 aromatic rings. The van der Waals surface area contributed by atoms with Crippen molar-refractivity contribution in [3.8, 4) is 5.69 Å². The van der Waals surface area contributed by atoms with Gasteiger partial charge in [-0.05, 0) is 49.1 Å². The fourth-order valence-electron chi connectivity index (χ4n) is 4.19. The third-order valence-corrected chi connectivity index (χ3v) is 6.14. The zero-order chi connectivity index (χ0) is 24.0.